The van der Waals surface area contributed by atoms with Crippen LogP contribution in [0.4, 0.5) is 0 Å². The molecule has 0 spiro atoms. The van der Waals surface area contributed by atoms with Crippen LogP contribution in [0.3, 0.4) is 0 Å². The Hall–Kier alpha value is -0.690. The van der Waals surface area contributed by atoms with Gasteiger partial charge in [-0.3, -0.25) is 0 Å². The van der Waals surface area contributed by atoms with Gasteiger partial charge in [0.05, 0.1) is 9.92 Å². The zero-order valence-corrected chi connectivity index (χ0v) is 13.7. The number of benzene rings is 1. The summed E-state index contributed by atoms with van der Waals surface area (Å²) in [6.07, 6.45) is 4.06. The Bertz CT molecular complexity index is 574. The van der Waals surface area contributed by atoms with E-state index >= 15 is 0 Å². The lowest BCUT2D eigenvalue weighted by Gasteiger charge is -2.08. The van der Waals surface area contributed by atoms with Crippen LogP contribution >= 0.6 is 23.8 Å². The molecular weight excluding hydrogens is 316 g/mol. The summed E-state index contributed by atoms with van der Waals surface area (Å²) in [6, 6.07) is 4.34. The van der Waals surface area contributed by atoms with Crippen LogP contribution in [0.15, 0.2) is 23.1 Å². The Labute approximate surface area is 130 Å². The van der Waals surface area contributed by atoms with Crippen molar-refractivity contribution in [3.63, 3.8) is 0 Å². The van der Waals surface area contributed by atoms with E-state index in [0.717, 1.165) is 25.7 Å². The molecular formula is C13H19ClN2O2S2. The molecule has 20 heavy (non-hydrogen) atoms. The average molecular weight is 335 g/mol. The fraction of sp³-hybridized carbons (Fsp3) is 0.462. The monoisotopic (exact) mass is 334 g/mol. The van der Waals surface area contributed by atoms with Gasteiger partial charge in [0.15, 0.2) is 0 Å². The van der Waals surface area contributed by atoms with Gasteiger partial charge in [-0.2, -0.15) is 0 Å². The Kier molecular flexibility index (Phi) is 6.88. The fourth-order valence-electron chi connectivity index (χ4n) is 1.70. The lowest BCUT2D eigenvalue weighted by molar-refractivity contribution is 0.573. The normalized spacial score (nSPS) is 11.5. The summed E-state index contributed by atoms with van der Waals surface area (Å²) in [6.45, 7) is 2.53. The van der Waals surface area contributed by atoms with Crippen LogP contribution in [0.1, 0.15) is 38.2 Å². The lowest BCUT2D eigenvalue weighted by Crippen LogP contribution is -2.25. The van der Waals surface area contributed by atoms with E-state index in [1.807, 2.05) is 0 Å². The number of sulfonamides is 1. The van der Waals surface area contributed by atoms with Gasteiger partial charge in [0, 0.05) is 12.1 Å². The minimum Gasteiger partial charge on any atom is -0.389 e. The minimum absolute atomic E-state index is 0.123. The van der Waals surface area contributed by atoms with Crippen LogP contribution in [0.5, 0.6) is 0 Å². The summed E-state index contributed by atoms with van der Waals surface area (Å²) in [7, 11) is -3.53. The first-order chi connectivity index (χ1) is 9.38. The number of halogens is 1. The average Bonchev–Trinajstić information content (AvgIpc) is 2.37. The number of hydrogen-bond acceptors (Lipinski definition) is 3. The van der Waals surface area contributed by atoms with E-state index in [2.05, 4.69) is 11.6 Å². The molecule has 0 fully saturated rings. The first kappa shape index (κ1) is 17.4. The highest BCUT2D eigenvalue weighted by Crippen LogP contribution is 2.20. The zero-order chi connectivity index (χ0) is 15.2. The number of thiocarbonyl (C=S) groups is 1. The molecule has 0 unspecified atom stereocenters. The summed E-state index contributed by atoms with van der Waals surface area (Å²) in [5.74, 6) is 0. The molecule has 7 heteroatoms. The number of nitrogens with one attached hydrogen (secondary N) is 1. The van der Waals surface area contributed by atoms with Gasteiger partial charge in [0.2, 0.25) is 10.0 Å². The molecule has 0 aliphatic carbocycles. The molecule has 0 aliphatic heterocycles. The minimum atomic E-state index is -3.53. The van der Waals surface area contributed by atoms with Crippen molar-refractivity contribution in [1.29, 1.82) is 0 Å². The van der Waals surface area contributed by atoms with Crippen molar-refractivity contribution < 1.29 is 8.42 Å². The van der Waals surface area contributed by atoms with Gasteiger partial charge in [-0.15, -0.1) is 0 Å². The third-order valence-corrected chi connectivity index (χ3v) is 4.83. The third kappa shape index (κ3) is 5.01. The Morgan fingerprint density at radius 3 is 2.60 bits per heavy atom. The molecule has 112 valence electrons. The molecule has 1 aromatic rings. The number of rotatable bonds is 8. The Balaban J connectivity index is 2.73. The standard InChI is InChI=1S/C13H19ClN2O2S2/c1-2-3-4-5-8-16-20(17,18)10-6-7-11(13(15)19)12(14)9-10/h6-7,9,16H,2-5,8H2,1H3,(H2,15,19). The quantitative estimate of drug-likeness (QED) is 0.566. The molecule has 4 nitrogen and oxygen atoms in total. The van der Waals surface area contributed by atoms with Crippen molar-refractivity contribution in [3.8, 4) is 0 Å². The van der Waals surface area contributed by atoms with Crippen molar-refractivity contribution in [1.82, 2.24) is 4.72 Å². The molecule has 0 saturated carbocycles. The second kappa shape index (κ2) is 7.93. The lowest BCUT2D eigenvalue weighted by atomic mass is 10.2. The highest BCUT2D eigenvalue weighted by molar-refractivity contribution is 7.89. The second-order valence-electron chi connectivity index (χ2n) is 4.46. The molecule has 0 aromatic heterocycles. The van der Waals surface area contributed by atoms with Gasteiger partial charge in [0.25, 0.3) is 0 Å². The van der Waals surface area contributed by atoms with E-state index < -0.39 is 10.0 Å². The first-order valence-electron chi connectivity index (χ1n) is 6.47. The molecule has 0 amide bonds. The Morgan fingerprint density at radius 2 is 2.05 bits per heavy atom. The van der Waals surface area contributed by atoms with E-state index in [0.29, 0.717) is 12.1 Å². The third-order valence-electron chi connectivity index (χ3n) is 2.84. The van der Waals surface area contributed by atoms with Crippen LogP contribution < -0.4 is 10.5 Å². The van der Waals surface area contributed by atoms with Crippen LogP contribution in [0.25, 0.3) is 0 Å². The maximum absolute atomic E-state index is 12.1. The number of nitrogens with two attached hydrogens (primary N) is 1. The van der Waals surface area contributed by atoms with Crippen molar-refractivity contribution in [2.75, 3.05) is 6.54 Å². The van der Waals surface area contributed by atoms with E-state index in [-0.39, 0.29) is 14.9 Å². The molecule has 3 N–H and O–H groups in total. The van der Waals surface area contributed by atoms with Gasteiger partial charge < -0.3 is 5.73 Å². The summed E-state index contributed by atoms with van der Waals surface area (Å²) in [4.78, 5) is 0.268. The largest absolute Gasteiger partial charge is 0.389 e. The maximum Gasteiger partial charge on any atom is 0.240 e. The Morgan fingerprint density at radius 1 is 1.35 bits per heavy atom. The first-order valence-corrected chi connectivity index (χ1v) is 8.74. The predicted molar refractivity (Wildman–Crippen MR) is 86.7 cm³/mol. The second-order valence-corrected chi connectivity index (χ2v) is 7.08. The predicted octanol–water partition coefficient (Wildman–Crippen LogP) is 2.83. The molecule has 0 heterocycles. The van der Waals surface area contributed by atoms with Crippen LogP contribution in [0, 0.1) is 0 Å². The van der Waals surface area contributed by atoms with E-state index in [4.69, 9.17) is 29.6 Å². The summed E-state index contributed by atoms with van der Waals surface area (Å²) in [5, 5.41) is 0.242. The summed E-state index contributed by atoms with van der Waals surface area (Å²) >= 11 is 10.8. The van der Waals surface area contributed by atoms with Crippen LogP contribution in [0.2, 0.25) is 5.02 Å². The molecule has 0 radical (unpaired) electrons. The van der Waals surface area contributed by atoms with Gasteiger partial charge in [-0.05, 0) is 24.6 Å². The van der Waals surface area contributed by atoms with E-state index in [1.54, 1.807) is 0 Å². The molecule has 0 bridgehead atoms. The van der Waals surface area contributed by atoms with Crippen molar-refractivity contribution in [2.24, 2.45) is 5.73 Å². The van der Waals surface area contributed by atoms with Gasteiger partial charge in [-0.1, -0.05) is 50.0 Å². The highest BCUT2D eigenvalue weighted by atomic mass is 35.5. The maximum atomic E-state index is 12.1. The van der Waals surface area contributed by atoms with Crippen molar-refractivity contribution in [3.05, 3.63) is 28.8 Å². The highest BCUT2D eigenvalue weighted by Gasteiger charge is 2.15. The van der Waals surface area contributed by atoms with Crippen molar-refractivity contribution >= 4 is 38.8 Å². The SMILES string of the molecule is CCCCCCNS(=O)(=O)c1ccc(C(N)=S)c(Cl)c1. The topological polar surface area (TPSA) is 72.2 Å². The molecule has 0 saturated heterocycles. The number of hydrogen-bond donors (Lipinski definition) is 2. The van der Waals surface area contributed by atoms with Crippen LogP contribution in [-0.4, -0.2) is 20.0 Å². The summed E-state index contributed by atoms with van der Waals surface area (Å²) in [5.41, 5.74) is 5.96. The van der Waals surface area contributed by atoms with Gasteiger partial charge >= 0.3 is 0 Å². The van der Waals surface area contributed by atoms with Gasteiger partial charge in [-0.25, -0.2) is 13.1 Å². The zero-order valence-electron chi connectivity index (χ0n) is 11.4. The van der Waals surface area contributed by atoms with Crippen molar-refractivity contribution in [2.45, 2.75) is 37.5 Å². The van der Waals surface area contributed by atoms with E-state index in [9.17, 15) is 8.42 Å². The molecule has 1 rings (SSSR count). The number of unbranched alkanes of at least 4 members (excludes halogenated alkanes) is 3. The summed E-state index contributed by atoms with van der Waals surface area (Å²) < 4.78 is 26.7. The van der Waals surface area contributed by atoms with Crippen LogP contribution in [-0.2, 0) is 10.0 Å². The fourth-order valence-corrected chi connectivity index (χ4v) is 3.39. The molecule has 1 aromatic carbocycles. The van der Waals surface area contributed by atoms with Gasteiger partial charge in [0.1, 0.15) is 4.99 Å². The molecule has 0 aliphatic rings. The van der Waals surface area contributed by atoms with E-state index in [1.165, 1.54) is 18.2 Å². The smallest absolute Gasteiger partial charge is 0.240 e. The molecule has 0 atom stereocenters.